The number of carbonyl (C=O) groups is 2. The number of hydrogen-bond donors (Lipinski definition) is 2. The van der Waals surface area contributed by atoms with E-state index in [2.05, 4.69) is 10.6 Å². The predicted octanol–water partition coefficient (Wildman–Crippen LogP) is 0.685. The van der Waals surface area contributed by atoms with E-state index in [0.29, 0.717) is 6.42 Å². The lowest BCUT2D eigenvalue weighted by Gasteiger charge is -2.22. The van der Waals surface area contributed by atoms with E-state index in [1.54, 1.807) is 11.3 Å². The van der Waals surface area contributed by atoms with Crippen LogP contribution in [0.1, 0.15) is 17.7 Å². The van der Waals surface area contributed by atoms with Gasteiger partial charge in [-0.1, -0.05) is 6.07 Å². The SMILES string of the molecule is O=C(Cc1cccs1)NC1CCCNC1=O. The van der Waals surface area contributed by atoms with Gasteiger partial charge in [0.15, 0.2) is 0 Å². The van der Waals surface area contributed by atoms with Crippen LogP contribution in [0.4, 0.5) is 0 Å². The van der Waals surface area contributed by atoms with Gasteiger partial charge in [0.05, 0.1) is 6.42 Å². The molecule has 0 aromatic carbocycles. The molecule has 1 aliphatic rings. The van der Waals surface area contributed by atoms with Gasteiger partial charge in [0.1, 0.15) is 6.04 Å². The van der Waals surface area contributed by atoms with E-state index in [-0.39, 0.29) is 17.9 Å². The summed E-state index contributed by atoms with van der Waals surface area (Å²) in [5.74, 6) is -0.143. The lowest BCUT2D eigenvalue weighted by molar-refractivity contribution is -0.129. The molecule has 0 aliphatic carbocycles. The van der Waals surface area contributed by atoms with Gasteiger partial charge >= 0.3 is 0 Å². The maximum absolute atomic E-state index is 11.6. The van der Waals surface area contributed by atoms with Gasteiger partial charge in [0.25, 0.3) is 0 Å². The molecule has 2 heterocycles. The zero-order chi connectivity index (χ0) is 11.4. The number of nitrogens with one attached hydrogen (secondary N) is 2. The Hall–Kier alpha value is -1.36. The van der Waals surface area contributed by atoms with Gasteiger partial charge < -0.3 is 10.6 Å². The standard InChI is InChI=1S/C11H14N2O2S/c14-10(7-8-3-2-6-16-8)13-9-4-1-5-12-11(9)15/h2-3,6,9H,1,4-5,7H2,(H,12,15)(H,13,14). The lowest BCUT2D eigenvalue weighted by Crippen LogP contribution is -2.50. The third-order valence-electron chi connectivity index (χ3n) is 2.54. The van der Waals surface area contributed by atoms with E-state index in [4.69, 9.17) is 0 Å². The summed E-state index contributed by atoms with van der Waals surface area (Å²) >= 11 is 1.55. The normalized spacial score (nSPS) is 20.2. The molecule has 4 nitrogen and oxygen atoms in total. The minimum Gasteiger partial charge on any atom is -0.354 e. The molecule has 0 radical (unpaired) electrons. The minimum atomic E-state index is -0.346. The van der Waals surface area contributed by atoms with Crippen LogP contribution in [0.2, 0.25) is 0 Å². The number of piperidine rings is 1. The Kier molecular flexibility index (Phi) is 3.56. The molecule has 0 bridgehead atoms. The predicted molar refractivity (Wildman–Crippen MR) is 62.2 cm³/mol. The van der Waals surface area contributed by atoms with Gasteiger partial charge in [-0.3, -0.25) is 9.59 Å². The largest absolute Gasteiger partial charge is 0.354 e. The first-order chi connectivity index (χ1) is 7.75. The second-order valence-electron chi connectivity index (χ2n) is 3.81. The number of hydrogen-bond acceptors (Lipinski definition) is 3. The van der Waals surface area contributed by atoms with Gasteiger partial charge in [0.2, 0.25) is 11.8 Å². The van der Waals surface area contributed by atoms with Gasteiger partial charge in [0, 0.05) is 11.4 Å². The highest BCUT2D eigenvalue weighted by molar-refractivity contribution is 7.10. The number of amides is 2. The third-order valence-corrected chi connectivity index (χ3v) is 3.41. The van der Waals surface area contributed by atoms with Gasteiger partial charge in [-0.15, -0.1) is 11.3 Å². The maximum atomic E-state index is 11.6. The number of rotatable bonds is 3. The molecule has 2 rings (SSSR count). The quantitative estimate of drug-likeness (QED) is 0.814. The second kappa shape index (κ2) is 5.12. The summed E-state index contributed by atoms with van der Waals surface area (Å²) in [5, 5.41) is 7.45. The van der Waals surface area contributed by atoms with Crippen molar-refractivity contribution < 1.29 is 9.59 Å². The highest BCUT2D eigenvalue weighted by atomic mass is 32.1. The molecule has 5 heteroatoms. The number of carbonyl (C=O) groups excluding carboxylic acids is 2. The van der Waals surface area contributed by atoms with Crippen molar-refractivity contribution in [3.8, 4) is 0 Å². The summed E-state index contributed by atoms with van der Waals surface area (Å²) in [4.78, 5) is 24.1. The molecular formula is C11H14N2O2S. The molecule has 16 heavy (non-hydrogen) atoms. The Morgan fingerprint density at radius 1 is 1.62 bits per heavy atom. The van der Waals surface area contributed by atoms with Crippen LogP contribution in [0.5, 0.6) is 0 Å². The Bertz CT molecular complexity index is 375. The van der Waals surface area contributed by atoms with Crippen LogP contribution in [0.15, 0.2) is 17.5 Å². The molecule has 1 saturated heterocycles. The molecule has 2 N–H and O–H groups in total. The molecule has 1 unspecified atom stereocenters. The average molecular weight is 238 g/mol. The summed E-state index contributed by atoms with van der Waals surface area (Å²) in [6.45, 7) is 0.718. The topological polar surface area (TPSA) is 58.2 Å². The van der Waals surface area contributed by atoms with Crippen molar-refractivity contribution >= 4 is 23.2 Å². The van der Waals surface area contributed by atoms with E-state index < -0.39 is 0 Å². The first-order valence-electron chi connectivity index (χ1n) is 5.35. The fourth-order valence-corrected chi connectivity index (χ4v) is 2.43. The maximum Gasteiger partial charge on any atom is 0.242 e. The van der Waals surface area contributed by atoms with Crippen molar-refractivity contribution in [3.63, 3.8) is 0 Å². The van der Waals surface area contributed by atoms with Crippen LogP contribution < -0.4 is 10.6 Å². The van der Waals surface area contributed by atoms with Crippen LogP contribution in [0.25, 0.3) is 0 Å². The Morgan fingerprint density at radius 2 is 2.50 bits per heavy atom. The fraction of sp³-hybridized carbons (Fsp3) is 0.455. The average Bonchev–Trinajstić information content (AvgIpc) is 2.74. The van der Waals surface area contributed by atoms with Crippen molar-refractivity contribution in [2.24, 2.45) is 0 Å². The summed E-state index contributed by atoms with van der Waals surface area (Å²) in [6.07, 6.45) is 2.03. The second-order valence-corrected chi connectivity index (χ2v) is 4.84. The van der Waals surface area contributed by atoms with Gasteiger partial charge in [-0.25, -0.2) is 0 Å². The molecular weight excluding hydrogens is 224 g/mol. The molecule has 0 spiro atoms. The van der Waals surface area contributed by atoms with Gasteiger partial charge in [-0.2, -0.15) is 0 Å². The number of thiophene rings is 1. The molecule has 1 aromatic rings. The van der Waals surface area contributed by atoms with Crippen LogP contribution in [-0.2, 0) is 16.0 Å². The Morgan fingerprint density at radius 3 is 3.19 bits per heavy atom. The smallest absolute Gasteiger partial charge is 0.242 e. The van der Waals surface area contributed by atoms with Crippen molar-refractivity contribution in [1.29, 1.82) is 0 Å². The molecule has 1 atom stereocenters. The first-order valence-corrected chi connectivity index (χ1v) is 6.23. The molecule has 86 valence electrons. The highest BCUT2D eigenvalue weighted by Gasteiger charge is 2.23. The van der Waals surface area contributed by atoms with Crippen molar-refractivity contribution in [3.05, 3.63) is 22.4 Å². The summed E-state index contributed by atoms with van der Waals surface area (Å²) in [7, 11) is 0. The van der Waals surface area contributed by atoms with E-state index in [9.17, 15) is 9.59 Å². The highest BCUT2D eigenvalue weighted by Crippen LogP contribution is 2.09. The van der Waals surface area contributed by atoms with E-state index in [1.165, 1.54) is 0 Å². The lowest BCUT2D eigenvalue weighted by atomic mass is 10.1. The molecule has 1 fully saturated rings. The molecule has 1 aromatic heterocycles. The summed E-state index contributed by atoms with van der Waals surface area (Å²) in [5.41, 5.74) is 0. The molecule has 0 saturated carbocycles. The third kappa shape index (κ3) is 2.82. The van der Waals surface area contributed by atoms with Crippen LogP contribution in [0, 0.1) is 0 Å². The fourth-order valence-electron chi connectivity index (χ4n) is 1.73. The molecule has 2 amide bonds. The van der Waals surface area contributed by atoms with Crippen molar-refractivity contribution in [1.82, 2.24) is 10.6 Å². The van der Waals surface area contributed by atoms with E-state index in [0.717, 1.165) is 24.3 Å². The van der Waals surface area contributed by atoms with Crippen LogP contribution in [-0.4, -0.2) is 24.4 Å². The summed E-state index contributed by atoms with van der Waals surface area (Å²) in [6, 6.07) is 3.49. The van der Waals surface area contributed by atoms with E-state index >= 15 is 0 Å². The van der Waals surface area contributed by atoms with Crippen molar-refractivity contribution in [2.45, 2.75) is 25.3 Å². The Balaban J connectivity index is 1.84. The van der Waals surface area contributed by atoms with Crippen LogP contribution in [0.3, 0.4) is 0 Å². The van der Waals surface area contributed by atoms with Crippen LogP contribution >= 0.6 is 11.3 Å². The zero-order valence-corrected chi connectivity index (χ0v) is 9.68. The van der Waals surface area contributed by atoms with Gasteiger partial charge in [-0.05, 0) is 24.3 Å². The zero-order valence-electron chi connectivity index (χ0n) is 8.86. The molecule has 1 aliphatic heterocycles. The Labute approximate surface area is 98.0 Å². The summed E-state index contributed by atoms with van der Waals surface area (Å²) < 4.78 is 0. The first kappa shape index (κ1) is 11.1. The minimum absolute atomic E-state index is 0.0641. The van der Waals surface area contributed by atoms with E-state index in [1.807, 2.05) is 17.5 Å². The van der Waals surface area contributed by atoms with Crippen molar-refractivity contribution in [2.75, 3.05) is 6.54 Å². The monoisotopic (exact) mass is 238 g/mol.